The van der Waals surface area contributed by atoms with Crippen molar-refractivity contribution in [2.75, 3.05) is 37.6 Å². The third-order valence-electron chi connectivity index (χ3n) is 8.33. The molecule has 1 aromatic carbocycles. The molecule has 0 saturated carbocycles. The van der Waals surface area contributed by atoms with Crippen LogP contribution in [0.25, 0.3) is 0 Å². The third-order valence-corrected chi connectivity index (χ3v) is 8.59. The summed E-state index contributed by atoms with van der Waals surface area (Å²) in [5.41, 5.74) is 2.14. The number of carbonyl (C=O) groups is 1. The summed E-state index contributed by atoms with van der Waals surface area (Å²) in [5.74, 6) is 1.17. The number of fused-ring (bicyclic) bond motifs is 1. The predicted molar refractivity (Wildman–Crippen MR) is 138 cm³/mol. The van der Waals surface area contributed by atoms with E-state index in [1.165, 1.54) is 6.29 Å². The molecule has 3 aliphatic rings. The number of nitrogens with zero attached hydrogens (tertiary/aromatic N) is 5. The Labute approximate surface area is 213 Å². The summed E-state index contributed by atoms with van der Waals surface area (Å²) >= 11 is 6.24. The molecule has 3 heterocycles. The largest absolute Gasteiger partial charge is 0.387 e. The van der Waals surface area contributed by atoms with Crippen LogP contribution in [0.4, 0.5) is 5.82 Å². The van der Waals surface area contributed by atoms with Crippen LogP contribution in [0.1, 0.15) is 68.9 Å². The molecular weight excluding hydrogens is 462 g/mol. The maximum absolute atomic E-state index is 13.2. The van der Waals surface area contributed by atoms with E-state index in [2.05, 4.69) is 45.4 Å². The summed E-state index contributed by atoms with van der Waals surface area (Å²) in [6.45, 7) is 10.6. The van der Waals surface area contributed by atoms with Crippen LogP contribution in [0.15, 0.2) is 30.6 Å². The summed E-state index contributed by atoms with van der Waals surface area (Å²) < 4.78 is 0. The average Bonchev–Trinajstić information content (AvgIpc) is 3.47. The fourth-order valence-corrected chi connectivity index (χ4v) is 6.77. The number of likely N-dealkylation sites (tertiary alicyclic amines) is 1. The number of aldehydes is 1. The highest BCUT2D eigenvalue weighted by Gasteiger charge is 2.51. The van der Waals surface area contributed by atoms with Gasteiger partial charge in [-0.3, -0.25) is 9.80 Å². The lowest BCUT2D eigenvalue weighted by Gasteiger charge is -2.51. The summed E-state index contributed by atoms with van der Waals surface area (Å²) in [6.07, 6.45) is 5.04. The van der Waals surface area contributed by atoms with Crippen molar-refractivity contribution in [1.82, 2.24) is 19.8 Å². The second kappa shape index (κ2) is 9.77. The quantitative estimate of drug-likeness (QED) is 0.609. The minimum absolute atomic E-state index is 0.117. The topological polar surface area (TPSA) is 72.8 Å². The first-order valence-electron chi connectivity index (χ1n) is 12.9. The van der Waals surface area contributed by atoms with Crippen molar-refractivity contribution in [3.63, 3.8) is 0 Å². The molecule has 188 valence electrons. The van der Waals surface area contributed by atoms with E-state index in [-0.39, 0.29) is 12.0 Å². The van der Waals surface area contributed by atoms with Crippen molar-refractivity contribution in [3.05, 3.63) is 52.4 Å². The zero-order chi connectivity index (χ0) is 24.7. The molecule has 0 amide bonds. The molecule has 0 spiro atoms. The van der Waals surface area contributed by atoms with E-state index < -0.39 is 11.6 Å². The van der Waals surface area contributed by atoms with Crippen molar-refractivity contribution < 1.29 is 9.90 Å². The average molecular weight is 498 g/mol. The zero-order valence-corrected chi connectivity index (χ0v) is 21.7. The molecule has 4 atom stereocenters. The van der Waals surface area contributed by atoms with E-state index in [0.717, 1.165) is 68.2 Å². The number of hydrogen-bond donors (Lipinski definition) is 1. The van der Waals surface area contributed by atoms with Gasteiger partial charge in [0.2, 0.25) is 0 Å². The summed E-state index contributed by atoms with van der Waals surface area (Å²) in [5, 5.41) is 11.1. The number of hydrogen-bond acceptors (Lipinski definition) is 7. The van der Waals surface area contributed by atoms with Crippen molar-refractivity contribution in [2.45, 2.75) is 69.7 Å². The van der Waals surface area contributed by atoms with Crippen molar-refractivity contribution in [2.24, 2.45) is 0 Å². The number of anilines is 1. The normalized spacial score (nSPS) is 27.3. The minimum Gasteiger partial charge on any atom is -0.387 e. The van der Waals surface area contributed by atoms with E-state index in [0.29, 0.717) is 17.5 Å². The van der Waals surface area contributed by atoms with Gasteiger partial charge in [-0.25, -0.2) is 9.97 Å². The standard InChI is InChI=1S/C27H36ClN5O2/c1-18(2)33-10-4-5-23(33)27(16-34,20-6-8-21(28)9-7-20)32-13-11-31(12-14-32)26-24-19(3)15-22(35)25(24)29-17-30-26/h6-9,16-19,22-23,35H,4-5,10-15H2,1-3H3/t19-,22-,23+,27+/m1/s1. The maximum atomic E-state index is 13.2. The number of benzene rings is 1. The number of aliphatic hydroxyl groups excluding tert-OH is 1. The first-order valence-corrected chi connectivity index (χ1v) is 13.3. The molecule has 1 aliphatic carbocycles. The lowest BCUT2D eigenvalue weighted by atomic mass is 9.80. The smallest absolute Gasteiger partial charge is 0.146 e. The van der Waals surface area contributed by atoms with Gasteiger partial charge in [0.1, 0.15) is 24.0 Å². The molecule has 7 nitrogen and oxygen atoms in total. The highest BCUT2D eigenvalue weighted by Crippen LogP contribution is 2.44. The molecule has 8 heteroatoms. The molecule has 1 N–H and O–H groups in total. The second-order valence-corrected chi connectivity index (χ2v) is 11.0. The van der Waals surface area contributed by atoms with E-state index in [1.54, 1.807) is 6.33 Å². The van der Waals surface area contributed by atoms with Gasteiger partial charge in [-0.05, 0) is 63.3 Å². The van der Waals surface area contributed by atoms with Gasteiger partial charge in [0, 0.05) is 48.8 Å². The Morgan fingerprint density at radius 1 is 1.11 bits per heavy atom. The molecule has 2 fully saturated rings. The maximum Gasteiger partial charge on any atom is 0.146 e. The Morgan fingerprint density at radius 3 is 2.49 bits per heavy atom. The van der Waals surface area contributed by atoms with Crippen LogP contribution in [0.2, 0.25) is 5.02 Å². The number of halogens is 1. The van der Waals surface area contributed by atoms with Gasteiger partial charge in [-0.15, -0.1) is 0 Å². The molecule has 5 rings (SSSR count). The molecule has 1 aromatic heterocycles. The number of aromatic nitrogens is 2. The third kappa shape index (κ3) is 4.16. The molecule has 0 unspecified atom stereocenters. The Kier molecular flexibility index (Phi) is 6.87. The lowest BCUT2D eigenvalue weighted by molar-refractivity contribution is -0.125. The van der Waals surface area contributed by atoms with Crippen LogP contribution in [0.3, 0.4) is 0 Å². The van der Waals surface area contributed by atoms with Crippen LogP contribution in [-0.2, 0) is 10.3 Å². The number of rotatable bonds is 6. The van der Waals surface area contributed by atoms with Crippen LogP contribution in [0, 0.1) is 0 Å². The molecule has 2 aliphatic heterocycles. The van der Waals surface area contributed by atoms with Crippen molar-refractivity contribution in [3.8, 4) is 0 Å². The van der Waals surface area contributed by atoms with Crippen LogP contribution in [0.5, 0.6) is 0 Å². The summed E-state index contributed by atoms with van der Waals surface area (Å²) in [4.78, 5) is 29.4. The van der Waals surface area contributed by atoms with Gasteiger partial charge < -0.3 is 14.8 Å². The number of carbonyl (C=O) groups excluding carboxylic acids is 1. The van der Waals surface area contributed by atoms with Gasteiger partial charge in [0.25, 0.3) is 0 Å². The van der Waals surface area contributed by atoms with Gasteiger partial charge in [0.05, 0.1) is 11.8 Å². The fourth-order valence-electron chi connectivity index (χ4n) is 6.65. The predicted octanol–water partition coefficient (Wildman–Crippen LogP) is 3.76. The number of aliphatic hydroxyl groups is 1. The monoisotopic (exact) mass is 497 g/mol. The van der Waals surface area contributed by atoms with E-state index in [1.807, 2.05) is 24.3 Å². The molecular formula is C27H36ClN5O2. The van der Waals surface area contributed by atoms with Gasteiger partial charge in [-0.2, -0.15) is 0 Å². The van der Waals surface area contributed by atoms with Crippen LogP contribution < -0.4 is 4.90 Å². The molecule has 2 aromatic rings. The highest BCUT2D eigenvalue weighted by atomic mass is 35.5. The van der Waals surface area contributed by atoms with Crippen LogP contribution >= 0.6 is 11.6 Å². The van der Waals surface area contributed by atoms with Crippen molar-refractivity contribution >= 4 is 23.7 Å². The van der Waals surface area contributed by atoms with Gasteiger partial charge in [0.15, 0.2) is 0 Å². The Bertz CT molecular complexity index is 1060. The van der Waals surface area contributed by atoms with E-state index in [4.69, 9.17) is 11.6 Å². The number of piperazine rings is 1. The molecule has 35 heavy (non-hydrogen) atoms. The van der Waals surface area contributed by atoms with Gasteiger partial charge >= 0.3 is 0 Å². The fraction of sp³-hybridized carbons (Fsp3) is 0.593. The summed E-state index contributed by atoms with van der Waals surface area (Å²) in [7, 11) is 0. The Hall–Kier alpha value is -2.06. The lowest BCUT2D eigenvalue weighted by Crippen LogP contribution is -2.64. The van der Waals surface area contributed by atoms with Gasteiger partial charge in [-0.1, -0.05) is 30.7 Å². The minimum atomic E-state index is -0.728. The highest BCUT2D eigenvalue weighted by molar-refractivity contribution is 6.30. The Balaban J connectivity index is 1.46. The first-order chi connectivity index (χ1) is 16.9. The summed E-state index contributed by atoms with van der Waals surface area (Å²) in [6, 6.07) is 8.34. The Morgan fingerprint density at radius 2 is 1.83 bits per heavy atom. The van der Waals surface area contributed by atoms with Crippen molar-refractivity contribution in [1.29, 1.82) is 0 Å². The molecule has 2 saturated heterocycles. The second-order valence-electron chi connectivity index (χ2n) is 10.6. The van der Waals surface area contributed by atoms with E-state index in [9.17, 15) is 9.90 Å². The first kappa shape index (κ1) is 24.6. The zero-order valence-electron chi connectivity index (χ0n) is 20.9. The van der Waals surface area contributed by atoms with Crippen LogP contribution in [-0.4, -0.2) is 76.0 Å². The SMILES string of the molecule is CC(C)N1CCC[C@H]1[C@](C=O)(c1ccc(Cl)cc1)N1CCN(c2ncnc3c2[C@H](C)C[C@H]3O)CC1. The molecule has 0 bridgehead atoms. The molecule has 0 radical (unpaired) electrons. The van der Waals surface area contributed by atoms with E-state index >= 15 is 0 Å².